The first-order valence-electron chi connectivity index (χ1n) is 6.35. The largest absolute Gasteiger partial charge is 0.477 e. The number of anilines is 2. The van der Waals surface area contributed by atoms with Gasteiger partial charge in [0.1, 0.15) is 4.88 Å². The van der Waals surface area contributed by atoms with Crippen molar-refractivity contribution in [2.75, 3.05) is 11.4 Å². The molecular formula is C15H15NO2S. The van der Waals surface area contributed by atoms with Gasteiger partial charge in [-0.1, -0.05) is 12.1 Å². The summed E-state index contributed by atoms with van der Waals surface area (Å²) in [6.45, 7) is 3.03. The van der Waals surface area contributed by atoms with Crippen LogP contribution >= 0.6 is 11.3 Å². The second-order valence-corrected chi connectivity index (χ2v) is 5.87. The lowest BCUT2D eigenvalue weighted by Crippen LogP contribution is -2.22. The van der Waals surface area contributed by atoms with E-state index in [2.05, 4.69) is 30.0 Å². The molecule has 19 heavy (non-hydrogen) atoms. The van der Waals surface area contributed by atoms with Crippen LogP contribution in [0, 0.1) is 6.92 Å². The zero-order chi connectivity index (χ0) is 13.4. The Hall–Kier alpha value is -1.81. The molecule has 0 fully saturated rings. The number of fused-ring (bicyclic) bond motifs is 1. The molecule has 0 aliphatic carbocycles. The summed E-state index contributed by atoms with van der Waals surface area (Å²) < 4.78 is 0. The highest BCUT2D eigenvalue weighted by atomic mass is 32.1. The Balaban J connectivity index is 2.04. The van der Waals surface area contributed by atoms with Gasteiger partial charge in [-0.15, -0.1) is 11.3 Å². The third kappa shape index (κ3) is 2.24. The predicted molar refractivity (Wildman–Crippen MR) is 77.8 cm³/mol. The van der Waals surface area contributed by atoms with Crippen LogP contribution in [0.4, 0.5) is 10.7 Å². The number of aryl methyl sites for hydroxylation is 2. The van der Waals surface area contributed by atoms with Crippen LogP contribution < -0.4 is 4.90 Å². The first kappa shape index (κ1) is 12.2. The third-order valence-electron chi connectivity index (χ3n) is 3.38. The number of carbonyl (C=O) groups is 1. The van der Waals surface area contributed by atoms with Gasteiger partial charge in [0, 0.05) is 12.2 Å². The van der Waals surface area contributed by atoms with E-state index in [4.69, 9.17) is 5.11 Å². The highest BCUT2D eigenvalue weighted by Crippen LogP contribution is 2.40. The van der Waals surface area contributed by atoms with Crippen molar-refractivity contribution in [3.63, 3.8) is 0 Å². The predicted octanol–water partition coefficient (Wildman–Crippen LogP) is 3.84. The summed E-state index contributed by atoms with van der Waals surface area (Å²) in [7, 11) is 0. The van der Waals surface area contributed by atoms with E-state index in [0.717, 1.165) is 35.6 Å². The standard InChI is InChI=1S/C15H15NO2S/c1-10-4-2-6-12(8-10)16-7-3-5-11-9-13(15(17)18)19-14(11)16/h2,4,6,8-9H,3,5,7H2,1H3,(H,17,18). The number of carboxylic acids is 1. The number of rotatable bonds is 2. The SMILES string of the molecule is Cc1cccc(N2CCCc3cc(C(=O)O)sc32)c1. The van der Waals surface area contributed by atoms with Gasteiger partial charge in [-0.05, 0) is 49.1 Å². The molecule has 1 aliphatic rings. The molecule has 2 heterocycles. The zero-order valence-corrected chi connectivity index (χ0v) is 11.5. The Kier molecular flexibility index (Phi) is 3.03. The molecule has 1 N–H and O–H groups in total. The van der Waals surface area contributed by atoms with E-state index in [9.17, 15) is 4.79 Å². The smallest absolute Gasteiger partial charge is 0.345 e. The molecule has 0 saturated heterocycles. The van der Waals surface area contributed by atoms with E-state index < -0.39 is 5.97 Å². The van der Waals surface area contributed by atoms with Gasteiger partial charge in [0.25, 0.3) is 0 Å². The van der Waals surface area contributed by atoms with Crippen LogP contribution in [0.5, 0.6) is 0 Å². The van der Waals surface area contributed by atoms with Gasteiger partial charge in [0.2, 0.25) is 0 Å². The monoisotopic (exact) mass is 273 g/mol. The second-order valence-electron chi connectivity index (χ2n) is 4.84. The first-order chi connectivity index (χ1) is 9.15. The molecule has 1 aliphatic heterocycles. The minimum absolute atomic E-state index is 0.435. The molecule has 0 bridgehead atoms. The molecule has 0 saturated carbocycles. The van der Waals surface area contributed by atoms with Crippen LogP contribution in [0.25, 0.3) is 0 Å². The minimum Gasteiger partial charge on any atom is -0.477 e. The van der Waals surface area contributed by atoms with Gasteiger partial charge in [0.15, 0.2) is 0 Å². The van der Waals surface area contributed by atoms with Crippen LogP contribution in [-0.2, 0) is 6.42 Å². The number of aromatic carboxylic acids is 1. The summed E-state index contributed by atoms with van der Waals surface area (Å²) in [6, 6.07) is 10.2. The Bertz CT molecular complexity index is 633. The number of nitrogens with zero attached hydrogens (tertiary/aromatic N) is 1. The Morgan fingerprint density at radius 2 is 2.21 bits per heavy atom. The molecule has 0 spiro atoms. The van der Waals surface area contributed by atoms with E-state index in [-0.39, 0.29) is 0 Å². The van der Waals surface area contributed by atoms with Gasteiger partial charge in [-0.25, -0.2) is 4.79 Å². The second kappa shape index (κ2) is 4.70. The van der Waals surface area contributed by atoms with Crippen molar-refractivity contribution in [3.8, 4) is 0 Å². The van der Waals surface area contributed by atoms with Crippen molar-refractivity contribution < 1.29 is 9.90 Å². The lowest BCUT2D eigenvalue weighted by Gasteiger charge is -2.28. The van der Waals surface area contributed by atoms with Crippen LogP contribution in [-0.4, -0.2) is 17.6 Å². The summed E-state index contributed by atoms with van der Waals surface area (Å²) in [5, 5.41) is 10.2. The van der Waals surface area contributed by atoms with E-state index in [1.807, 2.05) is 12.1 Å². The molecule has 0 amide bonds. The van der Waals surface area contributed by atoms with Gasteiger partial charge >= 0.3 is 5.97 Å². The van der Waals surface area contributed by atoms with Crippen molar-refractivity contribution in [3.05, 3.63) is 46.3 Å². The molecule has 4 heteroatoms. The normalized spacial score (nSPS) is 14.3. The number of carboxylic acid groups (broad SMARTS) is 1. The van der Waals surface area contributed by atoms with Gasteiger partial charge in [0.05, 0.1) is 5.00 Å². The molecule has 1 aromatic carbocycles. The van der Waals surface area contributed by atoms with E-state index >= 15 is 0 Å². The average Bonchev–Trinajstić information content (AvgIpc) is 2.82. The summed E-state index contributed by atoms with van der Waals surface area (Å²) in [5.74, 6) is -0.830. The van der Waals surface area contributed by atoms with Gasteiger partial charge in [-0.3, -0.25) is 0 Å². The average molecular weight is 273 g/mol. The van der Waals surface area contributed by atoms with Crippen LogP contribution in [0.3, 0.4) is 0 Å². The molecule has 1 aromatic heterocycles. The fraction of sp³-hybridized carbons (Fsp3) is 0.267. The van der Waals surface area contributed by atoms with Gasteiger partial charge < -0.3 is 10.0 Å². The molecule has 3 nitrogen and oxygen atoms in total. The molecular weight excluding hydrogens is 258 g/mol. The van der Waals surface area contributed by atoms with Crippen molar-refractivity contribution in [2.45, 2.75) is 19.8 Å². The van der Waals surface area contributed by atoms with Crippen molar-refractivity contribution >= 4 is 28.0 Å². The van der Waals surface area contributed by atoms with Crippen molar-refractivity contribution in [1.29, 1.82) is 0 Å². The highest BCUT2D eigenvalue weighted by molar-refractivity contribution is 7.18. The Morgan fingerprint density at radius 3 is 2.95 bits per heavy atom. The summed E-state index contributed by atoms with van der Waals surface area (Å²) in [6.07, 6.45) is 2.04. The fourth-order valence-corrected chi connectivity index (χ4v) is 3.60. The number of benzene rings is 1. The summed E-state index contributed by atoms with van der Waals surface area (Å²) in [5.41, 5.74) is 3.54. The molecule has 98 valence electrons. The number of hydrogen-bond donors (Lipinski definition) is 1. The van der Waals surface area contributed by atoms with E-state index in [1.165, 1.54) is 16.9 Å². The maximum Gasteiger partial charge on any atom is 0.345 e. The third-order valence-corrected chi connectivity index (χ3v) is 4.57. The zero-order valence-electron chi connectivity index (χ0n) is 10.7. The summed E-state index contributed by atoms with van der Waals surface area (Å²) >= 11 is 1.38. The Labute approximate surface area is 116 Å². The minimum atomic E-state index is -0.830. The van der Waals surface area contributed by atoms with Crippen LogP contribution in [0.1, 0.15) is 27.2 Å². The molecule has 0 radical (unpaired) electrons. The number of hydrogen-bond acceptors (Lipinski definition) is 3. The fourth-order valence-electron chi connectivity index (χ4n) is 2.50. The van der Waals surface area contributed by atoms with Crippen molar-refractivity contribution in [1.82, 2.24) is 0 Å². The van der Waals surface area contributed by atoms with Crippen LogP contribution in [0.2, 0.25) is 0 Å². The van der Waals surface area contributed by atoms with E-state index in [1.54, 1.807) is 0 Å². The first-order valence-corrected chi connectivity index (χ1v) is 7.17. The topological polar surface area (TPSA) is 40.5 Å². The van der Waals surface area contributed by atoms with Gasteiger partial charge in [-0.2, -0.15) is 0 Å². The number of thiophene rings is 1. The Morgan fingerprint density at radius 1 is 1.37 bits per heavy atom. The quantitative estimate of drug-likeness (QED) is 0.903. The molecule has 0 atom stereocenters. The maximum atomic E-state index is 11.1. The molecule has 0 unspecified atom stereocenters. The lowest BCUT2D eigenvalue weighted by molar-refractivity contribution is 0.0702. The van der Waals surface area contributed by atoms with Crippen molar-refractivity contribution in [2.24, 2.45) is 0 Å². The highest BCUT2D eigenvalue weighted by Gasteiger charge is 2.23. The maximum absolute atomic E-state index is 11.1. The van der Waals surface area contributed by atoms with Crippen LogP contribution in [0.15, 0.2) is 30.3 Å². The summed E-state index contributed by atoms with van der Waals surface area (Å²) in [4.78, 5) is 13.8. The molecule has 3 rings (SSSR count). The lowest BCUT2D eigenvalue weighted by atomic mass is 10.1. The van der Waals surface area contributed by atoms with E-state index in [0.29, 0.717) is 4.88 Å². The molecule has 2 aromatic rings.